The molecular formula is C13H17ClFNO2S. The molecule has 1 saturated heterocycles. The largest absolute Gasteiger partial charge is 0.314 e. The van der Waals surface area contributed by atoms with Gasteiger partial charge in [0, 0.05) is 12.3 Å². The van der Waals surface area contributed by atoms with E-state index in [0.717, 1.165) is 31.2 Å². The van der Waals surface area contributed by atoms with E-state index in [9.17, 15) is 12.8 Å². The summed E-state index contributed by atoms with van der Waals surface area (Å²) in [5.74, 6) is -0.763. The first kappa shape index (κ1) is 14.8. The zero-order valence-corrected chi connectivity index (χ0v) is 12.3. The fourth-order valence-electron chi connectivity index (χ4n) is 2.47. The van der Waals surface area contributed by atoms with E-state index in [0.29, 0.717) is 12.5 Å². The second kappa shape index (κ2) is 5.77. The number of halogens is 2. The molecule has 0 spiro atoms. The second-order valence-electron chi connectivity index (χ2n) is 5.01. The summed E-state index contributed by atoms with van der Waals surface area (Å²) in [6.45, 7) is 0.975. The van der Waals surface area contributed by atoms with Crippen molar-refractivity contribution in [3.8, 4) is 0 Å². The predicted molar refractivity (Wildman–Crippen MR) is 73.9 cm³/mol. The van der Waals surface area contributed by atoms with Crippen LogP contribution in [0.3, 0.4) is 0 Å². The molecule has 1 aliphatic rings. The summed E-state index contributed by atoms with van der Waals surface area (Å²) >= 11 is 5.90. The summed E-state index contributed by atoms with van der Waals surface area (Å²) < 4.78 is 36.8. The number of hydrogen-bond acceptors (Lipinski definition) is 3. The Morgan fingerprint density at radius 1 is 1.42 bits per heavy atom. The maximum absolute atomic E-state index is 13.9. The summed E-state index contributed by atoms with van der Waals surface area (Å²) in [5, 5.41) is 3.33. The van der Waals surface area contributed by atoms with Crippen LogP contribution in [0.25, 0.3) is 0 Å². The Morgan fingerprint density at radius 2 is 2.16 bits per heavy atom. The molecule has 1 aromatic carbocycles. The van der Waals surface area contributed by atoms with Crippen LogP contribution in [0.5, 0.6) is 0 Å². The topological polar surface area (TPSA) is 46.2 Å². The summed E-state index contributed by atoms with van der Waals surface area (Å²) in [7, 11) is -3.64. The number of hydrogen-bond donors (Lipinski definition) is 1. The van der Waals surface area contributed by atoms with Crippen molar-refractivity contribution in [3.63, 3.8) is 0 Å². The first-order chi connectivity index (χ1) is 8.88. The smallest absolute Gasteiger partial charge is 0.179 e. The average Bonchev–Trinajstić information content (AvgIpc) is 2.27. The lowest BCUT2D eigenvalue weighted by Gasteiger charge is -2.23. The van der Waals surface area contributed by atoms with Crippen LogP contribution in [0.15, 0.2) is 17.0 Å². The van der Waals surface area contributed by atoms with Crippen LogP contribution < -0.4 is 5.32 Å². The predicted octanol–water partition coefficient (Wildman–Crippen LogP) is 2.57. The fourth-order valence-corrected chi connectivity index (χ4v) is 3.94. The van der Waals surface area contributed by atoms with Crippen LogP contribution in [-0.2, 0) is 16.3 Å². The molecule has 0 radical (unpaired) electrons. The number of benzene rings is 1. The van der Waals surface area contributed by atoms with Crippen molar-refractivity contribution in [2.24, 2.45) is 0 Å². The van der Waals surface area contributed by atoms with E-state index in [1.807, 2.05) is 0 Å². The van der Waals surface area contributed by atoms with Crippen molar-refractivity contribution in [1.82, 2.24) is 5.32 Å². The Labute approximate surface area is 118 Å². The molecule has 0 amide bonds. The molecule has 0 aliphatic carbocycles. The minimum Gasteiger partial charge on any atom is -0.314 e. The van der Waals surface area contributed by atoms with Gasteiger partial charge in [0.15, 0.2) is 9.84 Å². The standard InChI is InChI=1S/C13H17ClFNO2S/c1-19(17,18)13-11(14)7-9(8-12(13)15)6-10-4-2-3-5-16-10/h7-8,10,16H,2-6H2,1H3. The molecule has 2 rings (SSSR count). The Morgan fingerprint density at radius 3 is 2.68 bits per heavy atom. The third-order valence-corrected chi connectivity index (χ3v) is 4.89. The molecule has 6 heteroatoms. The third-order valence-electron chi connectivity index (χ3n) is 3.32. The highest BCUT2D eigenvalue weighted by molar-refractivity contribution is 7.90. The molecule has 1 atom stereocenters. The van der Waals surface area contributed by atoms with E-state index in [2.05, 4.69) is 5.32 Å². The summed E-state index contributed by atoms with van der Waals surface area (Å²) in [6, 6.07) is 3.14. The Hall–Kier alpha value is -0.650. The van der Waals surface area contributed by atoms with Crippen molar-refractivity contribution < 1.29 is 12.8 Å². The van der Waals surface area contributed by atoms with E-state index in [4.69, 9.17) is 11.6 Å². The molecule has 1 aromatic rings. The molecule has 1 unspecified atom stereocenters. The maximum Gasteiger partial charge on any atom is 0.179 e. The number of nitrogens with one attached hydrogen (secondary N) is 1. The first-order valence-corrected chi connectivity index (χ1v) is 8.56. The van der Waals surface area contributed by atoms with Gasteiger partial charge in [0.2, 0.25) is 0 Å². The lowest BCUT2D eigenvalue weighted by Crippen LogP contribution is -2.35. The molecule has 1 fully saturated rings. The molecule has 0 saturated carbocycles. The molecule has 1 heterocycles. The van der Waals surface area contributed by atoms with E-state index in [1.54, 1.807) is 6.07 Å². The van der Waals surface area contributed by atoms with Gasteiger partial charge in [-0.2, -0.15) is 0 Å². The number of piperidine rings is 1. The minimum absolute atomic E-state index is 0.0340. The van der Waals surface area contributed by atoms with Crippen molar-refractivity contribution in [1.29, 1.82) is 0 Å². The van der Waals surface area contributed by atoms with Crippen molar-refractivity contribution in [2.75, 3.05) is 12.8 Å². The average molecular weight is 306 g/mol. The van der Waals surface area contributed by atoms with Crippen LogP contribution in [-0.4, -0.2) is 27.3 Å². The maximum atomic E-state index is 13.9. The van der Waals surface area contributed by atoms with Crippen molar-refractivity contribution >= 4 is 21.4 Å². The third kappa shape index (κ3) is 3.68. The highest BCUT2D eigenvalue weighted by Gasteiger charge is 2.20. The van der Waals surface area contributed by atoms with Gasteiger partial charge in [-0.05, 0) is 43.5 Å². The highest BCUT2D eigenvalue weighted by atomic mass is 35.5. The second-order valence-corrected chi connectivity index (χ2v) is 7.37. The first-order valence-electron chi connectivity index (χ1n) is 6.29. The zero-order valence-electron chi connectivity index (χ0n) is 10.7. The molecule has 19 heavy (non-hydrogen) atoms. The van der Waals surface area contributed by atoms with Crippen LogP contribution >= 0.6 is 11.6 Å². The lowest BCUT2D eigenvalue weighted by atomic mass is 9.98. The van der Waals surface area contributed by atoms with Gasteiger partial charge in [0.25, 0.3) is 0 Å². The zero-order chi connectivity index (χ0) is 14.0. The number of sulfone groups is 1. The molecule has 0 bridgehead atoms. The van der Waals surface area contributed by atoms with Crippen LogP contribution in [0, 0.1) is 5.82 Å². The van der Waals surface area contributed by atoms with Gasteiger partial charge in [-0.25, -0.2) is 12.8 Å². The summed E-state index contributed by atoms with van der Waals surface area (Å²) in [5.41, 5.74) is 0.731. The van der Waals surface area contributed by atoms with Crippen molar-refractivity contribution in [2.45, 2.75) is 36.6 Å². The SMILES string of the molecule is CS(=O)(=O)c1c(F)cc(CC2CCCCN2)cc1Cl. The van der Waals surface area contributed by atoms with Crippen molar-refractivity contribution in [3.05, 3.63) is 28.5 Å². The Bertz CT molecular complexity index is 545. The quantitative estimate of drug-likeness (QED) is 0.933. The van der Waals surface area contributed by atoms with Crippen LogP contribution in [0.2, 0.25) is 5.02 Å². The van der Waals surface area contributed by atoms with E-state index >= 15 is 0 Å². The summed E-state index contributed by atoms with van der Waals surface area (Å²) in [6.07, 6.45) is 5.00. The molecule has 1 aliphatic heterocycles. The van der Waals surface area contributed by atoms with Gasteiger partial charge in [0.05, 0.1) is 5.02 Å². The summed E-state index contributed by atoms with van der Waals surface area (Å²) in [4.78, 5) is -0.408. The van der Waals surface area contributed by atoms with Gasteiger partial charge in [0.1, 0.15) is 10.7 Å². The van der Waals surface area contributed by atoms with Gasteiger partial charge in [-0.1, -0.05) is 18.0 Å². The van der Waals surface area contributed by atoms with Gasteiger partial charge < -0.3 is 5.32 Å². The molecule has 0 aromatic heterocycles. The Balaban J connectivity index is 2.24. The minimum atomic E-state index is -3.64. The lowest BCUT2D eigenvalue weighted by molar-refractivity contribution is 0.399. The molecule has 3 nitrogen and oxygen atoms in total. The van der Waals surface area contributed by atoms with Gasteiger partial charge >= 0.3 is 0 Å². The van der Waals surface area contributed by atoms with E-state index in [-0.39, 0.29) is 5.02 Å². The fraction of sp³-hybridized carbons (Fsp3) is 0.538. The van der Waals surface area contributed by atoms with E-state index in [1.165, 1.54) is 12.5 Å². The van der Waals surface area contributed by atoms with Gasteiger partial charge in [-0.3, -0.25) is 0 Å². The number of rotatable bonds is 3. The Kier molecular flexibility index (Phi) is 4.48. The van der Waals surface area contributed by atoms with Gasteiger partial charge in [-0.15, -0.1) is 0 Å². The highest BCUT2D eigenvalue weighted by Crippen LogP contribution is 2.27. The van der Waals surface area contributed by atoms with E-state index < -0.39 is 20.5 Å². The molecule has 106 valence electrons. The molecule has 1 N–H and O–H groups in total. The monoisotopic (exact) mass is 305 g/mol. The van der Waals surface area contributed by atoms with Crippen LogP contribution in [0.4, 0.5) is 4.39 Å². The van der Waals surface area contributed by atoms with Crippen LogP contribution in [0.1, 0.15) is 24.8 Å². The molecular weight excluding hydrogens is 289 g/mol. The normalized spacial score (nSPS) is 20.5.